The predicted molar refractivity (Wildman–Crippen MR) is 89.8 cm³/mol. The van der Waals surface area contributed by atoms with Gasteiger partial charge in [0.25, 0.3) is 5.91 Å². The van der Waals surface area contributed by atoms with Crippen molar-refractivity contribution in [3.05, 3.63) is 29.8 Å². The summed E-state index contributed by atoms with van der Waals surface area (Å²) >= 11 is 0. The number of hydrogen-bond acceptors (Lipinski definition) is 5. The Labute approximate surface area is 146 Å². The molecule has 1 saturated heterocycles. The topological polar surface area (TPSA) is 113 Å². The van der Waals surface area contributed by atoms with E-state index in [1.54, 1.807) is 6.92 Å². The van der Waals surface area contributed by atoms with Gasteiger partial charge in [-0.15, -0.1) is 0 Å². The van der Waals surface area contributed by atoms with Crippen molar-refractivity contribution in [1.29, 1.82) is 0 Å². The van der Waals surface area contributed by atoms with Gasteiger partial charge in [-0.2, -0.15) is 4.31 Å². The summed E-state index contributed by atoms with van der Waals surface area (Å²) in [4.78, 5) is 22.4. The Kier molecular flexibility index (Phi) is 6.15. The molecule has 1 aromatic rings. The largest absolute Gasteiger partial charge is 0.480 e. The molecule has 0 saturated carbocycles. The fourth-order valence-electron chi connectivity index (χ4n) is 2.55. The Morgan fingerprint density at radius 2 is 1.96 bits per heavy atom. The number of aliphatic carboxylic acids is 1. The number of carbonyl (C=O) groups is 2. The zero-order valence-corrected chi connectivity index (χ0v) is 15.0. The van der Waals surface area contributed by atoms with Crippen molar-refractivity contribution in [3.63, 3.8) is 0 Å². The number of carboxylic acid groups (broad SMARTS) is 1. The third kappa shape index (κ3) is 4.56. The first-order chi connectivity index (χ1) is 11.8. The molecular weight excluding hydrogens is 348 g/mol. The summed E-state index contributed by atoms with van der Waals surface area (Å²) < 4.78 is 32.7. The predicted octanol–water partition coefficient (Wildman–Crippen LogP) is 0.689. The average molecular weight is 370 g/mol. The van der Waals surface area contributed by atoms with Crippen molar-refractivity contribution >= 4 is 21.9 Å². The fourth-order valence-corrected chi connectivity index (χ4v) is 4.19. The molecular formula is C16H22N2O6S. The number of amides is 1. The van der Waals surface area contributed by atoms with Crippen LogP contribution in [0.3, 0.4) is 0 Å². The van der Waals surface area contributed by atoms with Gasteiger partial charge in [-0.05, 0) is 37.6 Å². The summed E-state index contributed by atoms with van der Waals surface area (Å²) in [6.45, 7) is 3.87. The van der Waals surface area contributed by atoms with Crippen LogP contribution in [0, 0.1) is 0 Å². The van der Waals surface area contributed by atoms with Gasteiger partial charge in [0.1, 0.15) is 6.54 Å². The zero-order valence-electron chi connectivity index (χ0n) is 14.1. The smallest absolute Gasteiger partial charge is 0.322 e. The van der Waals surface area contributed by atoms with Crippen molar-refractivity contribution in [3.8, 4) is 0 Å². The maximum absolute atomic E-state index is 12.8. The average Bonchev–Trinajstić information content (AvgIpc) is 2.60. The molecule has 1 aliphatic heterocycles. The Balaban J connectivity index is 2.17. The van der Waals surface area contributed by atoms with E-state index in [4.69, 9.17) is 9.84 Å². The number of rotatable bonds is 6. The molecule has 0 aromatic heterocycles. The van der Waals surface area contributed by atoms with E-state index in [0.29, 0.717) is 13.2 Å². The number of hydrogen-bond donors (Lipinski definition) is 2. The minimum atomic E-state index is -3.69. The lowest BCUT2D eigenvalue weighted by Crippen LogP contribution is -2.50. The number of morpholine rings is 1. The highest BCUT2D eigenvalue weighted by Crippen LogP contribution is 2.23. The summed E-state index contributed by atoms with van der Waals surface area (Å²) in [5.74, 6) is -1.73. The van der Waals surface area contributed by atoms with Crippen molar-refractivity contribution in [2.24, 2.45) is 0 Å². The third-order valence-corrected chi connectivity index (χ3v) is 6.02. The summed E-state index contributed by atoms with van der Waals surface area (Å²) in [5.41, 5.74) is 0.196. The minimum Gasteiger partial charge on any atom is -0.480 e. The zero-order chi connectivity index (χ0) is 18.6. The quantitative estimate of drug-likeness (QED) is 0.762. The minimum absolute atomic E-state index is 0.0888. The van der Waals surface area contributed by atoms with Crippen LogP contribution < -0.4 is 5.32 Å². The first kappa shape index (κ1) is 19.4. The molecule has 0 aliphatic carbocycles. The monoisotopic (exact) mass is 370 g/mol. The van der Waals surface area contributed by atoms with Crippen molar-refractivity contribution in [1.82, 2.24) is 9.62 Å². The van der Waals surface area contributed by atoms with Crippen LogP contribution in [0.4, 0.5) is 0 Å². The van der Waals surface area contributed by atoms with Crippen LogP contribution in [0.15, 0.2) is 29.2 Å². The first-order valence-electron chi connectivity index (χ1n) is 7.99. The molecule has 2 N–H and O–H groups in total. The molecule has 9 heteroatoms. The molecule has 8 nitrogen and oxygen atoms in total. The molecule has 1 amide bonds. The van der Waals surface area contributed by atoms with Crippen LogP contribution in [0.2, 0.25) is 0 Å². The Bertz CT molecular complexity index is 731. The summed E-state index contributed by atoms with van der Waals surface area (Å²) in [5, 5.41) is 10.8. The van der Waals surface area contributed by atoms with Crippen LogP contribution >= 0.6 is 0 Å². The van der Waals surface area contributed by atoms with Gasteiger partial charge in [0.2, 0.25) is 10.0 Å². The second kappa shape index (κ2) is 7.94. The highest BCUT2D eigenvalue weighted by atomic mass is 32.2. The maximum atomic E-state index is 12.8. The lowest BCUT2D eigenvalue weighted by molar-refractivity contribution is -0.135. The number of sulfonamides is 1. The van der Waals surface area contributed by atoms with E-state index < -0.39 is 28.4 Å². The Hall–Kier alpha value is -1.97. The second-order valence-electron chi connectivity index (χ2n) is 5.89. The number of benzene rings is 1. The van der Waals surface area contributed by atoms with Crippen LogP contribution in [-0.4, -0.2) is 61.5 Å². The molecule has 0 bridgehead atoms. The molecule has 1 heterocycles. The van der Waals surface area contributed by atoms with E-state index in [0.717, 1.165) is 6.42 Å². The van der Waals surface area contributed by atoms with E-state index in [1.807, 2.05) is 6.92 Å². The summed E-state index contributed by atoms with van der Waals surface area (Å²) in [6, 6.07) is 5.17. The lowest BCUT2D eigenvalue weighted by atomic mass is 10.2. The molecule has 2 rings (SSSR count). The van der Waals surface area contributed by atoms with Gasteiger partial charge in [0.05, 0.1) is 17.6 Å². The van der Waals surface area contributed by atoms with E-state index in [-0.39, 0.29) is 22.6 Å². The van der Waals surface area contributed by atoms with Gasteiger partial charge in [-0.1, -0.05) is 6.92 Å². The Morgan fingerprint density at radius 3 is 2.52 bits per heavy atom. The number of ether oxygens (including phenoxy) is 1. The number of carbonyl (C=O) groups excluding carboxylic acids is 1. The number of carboxylic acids is 1. The third-order valence-electron chi connectivity index (χ3n) is 4.03. The van der Waals surface area contributed by atoms with Crippen LogP contribution in [0.5, 0.6) is 0 Å². The molecule has 138 valence electrons. The molecule has 0 spiro atoms. The van der Waals surface area contributed by atoms with Crippen molar-refractivity contribution in [2.45, 2.75) is 37.3 Å². The summed E-state index contributed by atoms with van der Waals surface area (Å²) in [6.07, 6.45) is 0.591. The van der Waals surface area contributed by atoms with Gasteiger partial charge in [-0.3, -0.25) is 9.59 Å². The fraction of sp³-hybridized carbons (Fsp3) is 0.500. The van der Waals surface area contributed by atoms with Crippen molar-refractivity contribution in [2.75, 3.05) is 19.7 Å². The van der Waals surface area contributed by atoms with Crippen LogP contribution in [0.1, 0.15) is 30.6 Å². The van der Waals surface area contributed by atoms with E-state index in [9.17, 15) is 18.0 Å². The normalized spacial score (nSPS) is 21.7. The van der Waals surface area contributed by atoms with E-state index >= 15 is 0 Å². The first-order valence-corrected chi connectivity index (χ1v) is 9.43. The molecule has 25 heavy (non-hydrogen) atoms. The number of nitrogens with one attached hydrogen (secondary N) is 1. The van der Waals surface area contributed by atoms with Crippen molar-refractivity contribution < 1.29 is 27.9 Å². The van der Waals surface area contributed by atoms with E-state index in [1.165, 1.54) is 28.6 Å². The second-order valence-corrected chi connectivity index (χ2v) is 7.78. The maximum Gasteiger partial charge on any atom is 0.322 e. The Morgan fingerprint density at radius 1 is 1.32 bits per heavy atom. The van der Waals surface area contributed by atoms with Crippen LogP contribution in [-0.2, 0) is 19.6 Å². The molecule has 2 atom stereocenters. The molecule has 0 radical (unpaired) electrons. The van der Waals surface area contributed by atoms with Crippen LogP contribution in [0.25, 0.3) is 0 Å². The molecule has 1 aromatic carbocycles. The number of nitrogens with zero attached hydrogens (tertiary/aromatic N) is 1. The summed E-state index contributed by atoms with van der Waals surface area (Å²) in [7, 11) is -3.69. The standard InChI is InChI=1S/C16H22N2O6S/c1-3-13-9-18(11(2)10-24-13)25(22,23)14-6-4-12(5-7-14)16(21)17-8-15(19)20/h4-7,11,13H,3,8-10H2,1-2H3,(H,17,21)(H,19,20). The van der Waals surface area contributed by atoms with Gasteiger partial charge in [0, 0.05) is 18.2 Å². The van der Waals surface area contributed by atoms with Gasteiger partial charge < -0.3 is 15.2 Å². The van der Waals surface area contributed by atoms with E-state index in [2.05, 4.69) is 5.32 Å². The highest BCUT2D eigenvalue weighted by molar-refractivity contribution is 7.89. The molecule has 2 unspecified atom stereocenters. The lowest BCUT2D eigenvalue weighted by Gasteiger charge is -2.36. The van der Waals surface area contributed by atoms with Gasteiger partial charge >= 0.3 is 5.97 Å². The molecule has 1 fully saturated rings. The molecule has 1 aliphatic rings. The van der Waals surface area contributed by atoms with Gasteiger partial charge in [0.15, 0.2) is 0 Å². The SMILES string of the molecule is CCC1CN(S(=O)(=O)c2ccc(C(=O)NCC(=O)O)cc2)C(C)CO1. The van der Waals surface area contributed by atoms with Gasteiger partial charge in [-0.25, -0.2) is 8.42 Å². The highest BCUT2D eigenvalue weighted by Gasteiger charge is 2.34.